The first-order valence-electron chi connectivity index (χ1n) is 8.59. The smallest absolute Gasteiger partial charge is 0.261 e. The molecule has 25 heavy (non-hydrogen) atoms. The van der Waals surface area contributed by atoms with Crippen molar-refractivity contribution in [2.45, 2.75) is 31.2 Å². The van der Waals surface area contributed by atoms with Gasteiger partial charge in [0.2, 0.25) is 0 Å². The molecule has 1 fully saturated rings. The standard InChI is InChI=1S/C19H17N5O/c25-17-15-10-4-5-11-16(15)24-18(20-21-22-24)19(12-6-7-13-19)23(17)14-8-2-1-3-9-14/h1-5,8-11H,6-7,12-13H2. The molecule has 6 nitrogen and oxygen atoms in total. The minimum absolute atomic E-state index is 0.00370. The third kappa shape index (κ3) is 1.91. The zero-order valence-corrected chi connectivity index (χ0v) is 13.7. The van der Waals surface area contributed by atoms with Gasteiger partial charge in [-0.25, -0.2) is 0 Å². The van der Waals surface area contributed by atoms with E-state index in [2.05, 4.69) is 15.5 Å². The van der Waals surface area contributed by atoms with Gasteiger partial charge in [-0.3, -0.25) is 9.69 Å². The van der Waals surface area contributed by atoms with Crippen molar-refractivity contribution >= 4 is 11.6 Å². The van der Waals surface area contributed by atoms with E-state index in [4.69, 9.17) is 0 Å². The van der Waals surface area contributed by atoms with Crippen molar-refractivity contribution < 1.29 is 4.79 Å². The van der Waals surface area contributed by atoms with E-state index in [9.17, 15) is 4.79 Å². The molecule has 3 aromatic rings. The Kier molecular flexibility index (Phi) is 3.00. The van der Waals surface area contributed by atoms with Crippen LogP contribution >= 0.6 is 0 Å². The van der Waals surface area contributed by atoms with Gasteiger partial charge in [-0.2, -0.15) is 4.68 Å². The molecule has 124 valence electrons. The van der Waals surface area contributed by atoms with E-state index >= 15 is 0 Å². The van der Waals surface area contributed by atoms with Gasteiger partial charge in [0.1, 0.15) is 5.54 Å². The summed E-state index contributed by atoms with van der Waals surface area (Å²) in [5.41, 5.74) is 1.77. The normalized spacial score (nSPS) is 18.1. The van der Waals surface area contributed by atoms with Gasteiger partial charge in [-0.05, 0) is 47.5 Å². The highest BCUT2D eigenvalue weighted by Crippen LogP contribution is 2.47. The first-order valence-corrected chi connectivity index (χ1v) is 8.59. The quantitative estimate of drug-likeness (QED) is 0.687. The number of anilines is 1. The van der Waals surface area contributed by atoms with E-state index in [0.29, 0.717) is 5.56 Å². The van der Waals surface area contributed by atoms with E-state index in [1.165, 1.54) is 0 Å². The maximum absolute atomic E-state index is 13.6. The molecule has 1 aliphatic heterocycles. The lowest BCUT2D eigenvalue weighted by molar-refractivity contribution is 0.0954. The number of benzene rings is 2. The summed E-state index contributed by atoms with van der Waals surface area (Å²) < 4.78 is 1.75. The maximum Gasteiger partial charge on any atom is 0.261 e. The maximum atomic E-state index is 13.6. The monoisotopic (exact) mass is 331 g/mol. The van der Waals surface area contributed by atoms with Gasteiger partial charge in [0, 0.05) is 5.69 Å². The number of carbonyl (C=O) groups is 1. The second-order valence-corrected chi connectivity index (χ2v) is 6.65. The van der Waals surface area contributed by atoms with Crippen LogP contribution in [0.5, 0.6) is 0 Å². The molecule has 0 radical (unpaired) electrons. The van der Waals surface area contributed by atoms with E-state index in [-0.39, 0.29) is 5.91 Å². The minimum atomic E-state index is -0.499. The lowest BCUT2D eigenvalue weighted by atomic mass is 9.92. The molecule has 1 saturated carbocycles. The molecule has 0 atom stereocenters. The van der Waals surface area contributed by atoms with Gasteiger partial charge in [-0.15, -0.1) is 5.10 Å². The molecule has 0 unspecified atom stereocenters. The van der Waals surface area contributed by atoms with Crippen LogP contribution in [0, 0.1) is 0 Å². The van der Waals surface area contributed by atoms with Crippen LogP contribution in [0.25, 0.3) is 5.69 Å². The number of hydrogen-bond donors (Lipinski definition) is 0. The fraction of sp³-hybridized carbons (Fsp3) is 0.263. The summed E-state index contributed by atoms with van der Waals surface area (Å²) >= 11 is 0. The second kappa shape index (κ2) is 5.24. The van der Waals surface area contributed by atoms with Crippen molar-refractivity contribution in [3.8, 4) is 5.69 Å². The van der Waals surface area contributed by atoms with Crippen LogP contribution < -0.4 is 4.90 Å². The molecule has 1 aromatic heterocycles. The van der Waals surface area contributed by atoms with Gasteiger partial charge in [0.15, 0.2) is 5.82 Å². The number of tetrazole rings is 1. The molecule has 5 rings (SSSR count). The average molecular weight is 331 g/mol. The molecular weight excluding hydrogens is 314 g/mol. The SMILES string of the molecule is O=C1c2ccccc2-n2nnnc2C2(CCCC2)N1c1ccccc1. The molecule has 0 saturated heterocycles. The molecule has 0 N–H and O–H groups in total. The van der Waals surface area contributed by atoms with E-state index < -0.39 is 5.54 Å². The van der Waals surface area contributed by atoms with Crippen molar-refractivity contribution in [1.82, 2.24) is 20.2 Å². The lowest BCUT2D eigenvalue weighted by Gasteiger charge is -2.38. The van der Waals surface area contributed by atoms with Crippen molar-refractivity contribution in [2.24, 2.45) is 0 Å². The summed E-state index contributed by atoms with van der Waals surface area (Å²) in [4.78, 5) is 15.5. The zero-order valence-electron chi connectivity index (χ0n) is 13.7. The topological polar surface area (TPSA) is 63.9 Å². The van der Waals surface area contributed by atoms with E-state index in [1.807, 2.05) is 59.5 Å². The Bertz CT molecular complexity index is 943. The lowest BCUT2D eigenvalue weighted by Crippen LogP contribution is -2.48. The predicted molar refractivity (Wildman–Crippen MR) is 92.6 cm³/mol. The van der Waals surface area contributed by atoms with Gasteiger partial charge >= 0.3 is 0 Å². The van der Waals surface area contributed by atoms with Crippen molar-refractivity contribution in [3.63, 3.8) is 0 Å². The fourth-order valence-corrected chi connectivity index (χ4v) is 4.24. The number of nitrogens with zero attached hydrogens (tertiary/aromatic N) is 5. The average Bonchev–Trinajstić information content (AvgIpc) is 3.31. The Morgan fingerprint density at radius 1 is 0.920 bits per heavy atom. The van der Waals surface area contributed by atoms with Gasteiger partial charge in [0.05, 0.1) is 11.3 Å². The number of fused-ring (bicyclic) bond motifs is 4. The third-order valence-electron chi connectivity index (χ3n) is 5.32. The van der Waals surface area contributed by atoms with Crippen LogP contribution in [-0.4, -0.2) is 26.1 Å². The first kappa shape index (κ1) is 14.3. The first-order chi connectivity index (χ1) is 12.3. The summed E-state index contributed by atoms with van der Waals surface area (Å²) in [5, 5.41) is 12.5. The Morgan fingerprint density at radius 3 is 2.44 bits per heavy atom. The van der Waals surface area contributed by atoms with Crippen molar-refractivity contribution in [2.75, 3.05) is 4.90 Å². The van der Waals surface area contributed by atoms with E-state index in [1.54, 1.807) is 4.68 Å². The molecule has 2 heterocycles. The summed E-state index contributed by atoms with van der Waals surface area (Å²) in [6, 6.07) is 17.4. The summed E-state index contributed by atoms with van der Waals surface area (Å²) in [5.74, 6) is 0.753. The number of aromatic nitrogens is 4. The van der Waals surface area contributed by atoms with Crippen LogP contribution in [0.2, 0.25) is 0 Å². The molecule has 1 aliphatic carbocycles. The molecular formula is C19H17N5O. The zero-order chi connectivity index (χ0) is 16.9. The molecule has 0 bridgehead atoms. The van der Waals surface area contributed by atoms with Crippen LogP contribution in [0.1, 0.15) is 41.9 Å². The van der Waals surface area contributed by atoms with Crippen LogP contribution in [-0.2, 0) is 5.54 Å². The predicted octanol–water partition coefficient (Wildman–Crippen LogP) is 3.09. The Labute approximate surface area is 145 Å². The Balaban J connectivity index is 1.85. The summed E-state index contributed by atoms with van der Waals surface area (Å²) in [6.45, 7) is 0. The largest absolute Gasteiger partial charge is 0.295 e. The van der Waals surface area contributed by atoms with Gasteiger partial charge < -0.3 is 0 Å². The second-order valence-electron chi connectivity index (χ2n) is 6.65. The molecule has 1 amide bonds. The number of para-hydroxylation sites is 2. The van der Waals surface area contributed by atoms with Crippen molar-refractivity contribution in [3.05, 3.63) is 66.0 Å². The molecule has 1 spiro atoms. The molecule has 6 heteroatoms. The van der Waals surface area contributed by atoms with Crippen LogP contribution in [0.3, 0.4) is 0 Å². The summed E-state index contributed by atoms with van der Waals surface area (Å²) in [7, 11) is 0. The summed E-state index contributed by atoms with van der Waals surface area (Å²) in [6.07, 6.45) is 3.84. The van der Waals surface area contributed by atoms with Gasteiger partial charge in [0.25, 0.3) is 5.91 Å². The Morgan fingerprint density at radius 2 is 1.64 bits per heavy atom. The molecule has 2 aliphatic rings. The number of carbonyl (C=O) groups excluding carboxylic acids is 1. The van der Waals surface area contributed by atoms with Crippen LogP contribution in [0.15, 0.2) is 54.6 Å². The highest BCUT2D eigenvalue weighted by atomic mass is 16.2. The minimum Gasteiger partial charge on any atom is -0.295 e. The Hall–Kier alpha value is -3.02. The van der Waals surface area contributed by atoms with Gasteiger partial charge in [-0.1, -0.05) is 43.2 Å². The van der Waals surface area contributed by atoms with Crippen molar-refractivity contribution in [1.29, 1.82) is 0 Å². The number of amides is 1. The van der Waals surface area contributed by atoms with E-state index in [0.717, 1.165) is 42.9 Å². The van der Waals surface area contributed by atoms with Crippen LogP contribution in [0.4, 0.5) is 5.69 Å². The highest BCUT2D eigenvalue weighted by Gasteiger charge is 2.50. The number of rotatable bonds is 1. The number of hydrogen-bond acceptors (Lipinski definition) is 4. The fourth-order valence-electron chi connectivity index (χ4n) is 4.24. The molecule has 2 aromatic carbocycles. The highest BCUT2D eigenvalue weighted by molar-refractivity contribution is 6.10. The third-order valence-corrected chi connectivity index (χ3v) is 5.32.